The molecule has 17 aromatic rings. The normalized spacial score (nSPS) is 14.4. The Morgan fingerprint density at radius 2 is 0.874 bits per heavy atom. The summed E-state index contributed by atoms with van der Waals surface area (Å²) < 4.78 is 9.66. The van der Waals surface area contributed by atoms with Gasteiger partial charge in [-0.15, -0.1) is 0 Å². The minimum absolute atomic E-state index is 0.302. The second-order valence-corrected chi connectivity index (χ2v) is 23.9. The topological polar surface area (TPSA) is 45.5 Å². The summed E-state index contributed by atoms with van der Waals surface area (Å²) in [7, 11) is 0. The van der Waals surface area contributed by atoms with Gasteiger partial charge >= 0.3 is 0 Å². The molecular weight excluding hydrogens is 1060 g/mol. The molecule has 0 aliphatic heterocycles. The highest BCUT2D eigenvalue weighted by molar-refractivity contribution is 6.18. The maximum absolute atomic E-state index is 5.86. The van der Waals surface area contributed by atoms with Crippen LogP contribution < -0.4 is 10.6 Å². The molecule has 406 valence electrons. The molecule has 5 aromatic heterocycles. The predicted octanol–water partition coefficient (Wildman–Crippen LogP) is 18.8. The van der Waals surface area contributed by atoms with Crippen molar-refractivity contribution in [3.8, 4) is 67.8 Å². The summed E-state index contributed by atoms with van der Waals surface area (Å²) in [6, 6.07) is 99.9. The zero-order chi connectivity index (χ0) is 57.1. The van der Waals surface area contributed by atoms with Gasteiger partial charge in [0.1, 0.15) is 5.82 Å². The number of rotatable bonds is 7. The van der Waals surface area contributed by atoms with E-state index in [-0.39, 0.29) is 5.41 Å². The Kier molecular flexibility index (Phi) is 9.99. The number of nitrogens with zero attached hydrogens (tertiary/aromatic N) is 6. The van der Waals surface area contributed by atoms with E-state index in [4.69, 9.17) is 9.97 Å². The third-order valence-corrected chi connectivity index (χ3v) is 19.1. The largest absolute Gasteiger partial charge is 0.310 e. The van der Waals surface area contributed by atoms with Gasteiger partial charge in [-0.25, -0.2) is 9.97 Å². The molecule has 6 nitrogen and oxygen atoms in total. The van der Waals surface area contributed by atoms with Gasteiger partial charge in [0, 0.05) is 81.9 Å². The van der Waals surface area contributed by atoms with Crippen LogP contribution >= 0.6 is 0 Å². The molecule has 0 saturated carbocycles. The average molecular weight is 1110 g/mol. The molecule has 1 atom stereocenters. The Morgan fingerprint density at radius 3 is 1.54 bits per heavy atom. The summed E-state index contributed by atoms with van der Waals surface area (Å²) in [6.07, 6.45) is 5.84. The predicted molar refractivity (Wildman–Crippen MR) is 361 cm³/mol. The van der Waals surface area contributed by atoms with Gasteiger partial charge in [-0.3, -0.25) is 4.57 Å². The maximum Gasteiger partial charge on any atom is 0.162 e. The first-order valence-electron chi connectivity index (χ1n) is 30.1. The second-order valence-electron chi connectivity index (χ2n) is 23.9. The van der Waals surface area contributed by atoms with Crippen molar-refractivity contribution in [1.82, 2.24) is 28.2 Å². The van der Waals surface area contributed by atoms with Crippen molar-refractivity contribution in [2.75, 3.05) is 0 Å². The molecule has 0 amide bonds. The molecule has 0 bridgehead atoms. The van der Waals surface area contributed by atoms with Crippen LogP contribution in [0.1, 0.15) is 18.9 Å². The van der Waals surface area contributed by atoms with Crippen LogP contribution in [0.5, 0.6) is 0 Å². The van der Waals surface area contributed by atoms with Crippen LogP contribution in [0.25, 0.3) is 167 Å². The first-order valence-corrected chi connectivity index (χ1v) is 30.1. The van der Waals surface area contributed by atoms with Crippen molar-refractivity contribution in [2.24, 2.45) is 0 Å². The molecule has 6 heteroatoms. The smallest absolute Gasteiger partial charge is 0.162 e. The lowest BCUT2D eigenvalue weighted by molar-refractivity contribution is 0.652. The first kappa shape index (κ1) is 48.1. The van der Waals surface area contributed by atoms with Crippen molar-refractivity contribution in [3.63, 3.8) is 0 Å². The third-order valence-electron chi connectivity index (χ3n) is 19.1. The zero-order valence-corrected chi connectivity index (χ0v) is 47.5. The molecule has 19 rings (SSSR count). The molecule has 2 aliphatic rings. The van der Waals surface area contributed by atoms with Crippen LogP contribution in [-0.2, 0) is 5.41 Å². The number of aromatic nitrogens is 6. The van der Waals surface area contributed by atoms with Gasteiger partial charge < -0.3 is 13.7 Å². The molecular formula is C81H52N6. The Hall–Kier alpha value is -11.3. The molecule has 0 radical (unpaired) electrons. The van der Waals surface area contributed by atoms with Gasteiger partial charge in [0.25, 0.3) is 0 Å². The highest BCUT2D eigenvalue weighted by Gasteiger charge is 2.32. The fourth-order valence-electron chi connectivity index (χ4n) is 15.1. The van der Waals surface area contributed by atoms with Crippen molar-refractivity contribution in [3.05, 3.63) is 289 Å². The first-order chi connectivity index (χ1) is 43.0. The lowest BCUT2D eigenvalue weighted by Gasteiger charge is -2.28. The minimum Gasteiger partial charge on any atom is -0.310 e. The number of benzene rings is 12. The van der Waals surface area contributed by atoms with E-state index in [2.05, 4.69) is 310 Å². The van der Waals surface area contributed by atoms with Crippen LogP contribution in [0.4, 0.5) is 0 Å². The Morgan fingerprint density at radius 1 is 0.356 bits per heavy atom. The van der Waals surface area contributed by atoms with E-state index in [0.29, 0.717) is 5.82 Å². The van der Waals surface area contributed by atoms with Crippen molar-refractivity contribution >= 4 is 99.2 Å². The van der Waals surface area contributed by atoms with Crippen LogP contribution in [-0.4, -0.2) is 28.2 Å². The summed E-state index contributed by atoms with van der Waals surface area (Å²) >= 11 is 0. The quantitative estimate of drug-likeness (QED) is 0.160. The summed E-state index contributed by atoms with van der Waals surface area (Å²) in [4.78, 5) is 11.5. The van der Waals surface area contributed by atoms with Crippen molar-refractivity contribution < 1.29 is 0 Å². The lowest BCUT2D eigenvalue weighted by atomic mass is 9.76. The molecule has 0 fully saturated rings. The molecule has 0 spiro atoms. The van der Waals surface area contributed by atoms with E-state index in [0.717, 1.165) is 73.6 Å². The van der Waals surface area contributed by atoms with E-state index < -0.39 is 0 Å². The van der Waals surface area contributed by atoms with Crippen LogP contribution in [0.15, 0.2) is 273 Å². The molecule has 87 heavy (non-hydrogen) atoms. The molecule has 1 unspecified atom stereocenters. The van der Waals surface area contributed by atoms with Crippen LogP contribution in [0.3, 0.4) is 0 Å². The maximum atomic E-state index is 5.86. The van der Waals surface area contributed by atoms with Crippen molar-refractivity contribution in [1.29, 1.82) is 0 Å². The van der Waals surface area contributed by atoms with Gasteiger partial charge in [-0.1, -0.05) is 201 Å². The van der Waals surface area contributed by atoms with Gasteiger partial charge in [0.2, 0.25) is 0 Å². The number of fused-ring (bicyclic) bond motifs is 15. The Labute approximate surface area is 500 Å². The molecule has 12 aromatic carbocycles. The van der Waals surface area contributed by atoms with Crippen LogP contribution in [0, 0.1) is 0 Å². The Bertz CT molecular complexity index is 5930. The molecule has 2 aliphatic carbocycles. The van der Waals surface area contributed by atoms with E-state index in [9.17, 15) is 0 Å². The van der Waals surface area contributed by atoms with Gasteiger partial charge in [0.15, 0.2) is 5.82 Å². The summed E-state index contributed by atoms with van der Waals surface area (Å²) in [5.41, 5.74) is 20.0. The SMILES string of the molecule is CC1(c2ccc3c4ccccc4n(-c4nc(-c5cccc(-n6c7ccccc7c7cc(-c8ccc9c(c8)c8ccccc8n9-c8ccccc8)ccc76)c5)nc5c4-c4cccc6cccc-5c46)c3c2)C=c2c(n(-c3ccccc3)c3ccccc23)=CC1. The minimum atomic E-state index is -0.302. The van der Waals surface area contributed by atoms with E-state index >= 15 is 0 Å². The number of para-hydroxylation sites is 6. The lowest BCUT2D eigenvalue weighted by Crippen LogP contribution is -2.37. The summed E-state index contributed by atoms with van der Waals surface area (Å²) in [5, 5.41) is 13.4. The standard InChI is InChI=1S/C81H52N6/c1-81(44-43-74-67(49-81)61-30-11-14-35-70(61)85(74)56-24-6-3-7-25-56)54-39-40-62-58-27-8-15-36-71(58)87(75(62)48-54)80-77-63-31-17-19-50-20-18-32-64(76(50)63)78(77)82-79(83-80)53-21-16-26-57(45-53)86-69-34-13-10-29-60(69)66-47-52(38-42-73(66)86)51-37-41-72-65(46-51)59-28-9-12-33-68(59)84(72)55-22-4-2-5-23-55/h2-43,45-49H,44H2,1H3. The Balaban J connectivity index is 0.781. The molecule has 0 N–H and O–H groups in total. The fraction of sp³-hybridized carbons (Fsp3) is 0.0370. The highest BCUT2D eigenvalue weighted by Crippen LogP contribution is 2.51. The van der Waals surface area contributed by atoms with Gasteiger partial charge in [-0.2, -0.15) is 0 Å². The van der Waals surface area contributed by atoms with E-state index in [1.165, 1.54) is 98.0 Å². The van der Waals surface area contributed by atoms with E-state index in [1.807, 2.05) is 0 Å². The number of hydrogen-bond donors (Lipinski definition) is 0. The fourth-order valence-corrected chi connectivity index (χ4v) is 15.1. The monoisotopic (exact) mass is 1110 g/mol. The molecule has 0 saturated heterocycles. The average Bonchev–Trinajstić information content (AvgIpc) is 1.94. The third kappa shape index (κ3) is 6.92. The van der Waals surface area contributed by atoms with Gasteiger partial charge in [-0.05, 0) is 130 Å². The summed E-state index contributed by atoms with van der Waals surface area (Å²) in [5.74, 6) is 1.55. The summed E-state index contributed by atoms with van der Waals surface area (Å²) in [6.45, 7) is 2.41. The number of hydrogen-bond acceptors (Lipinski definition) is 2. The van der Waals surface area contributed by atoms with Crippen LogP contribution in [0.2, 0.25) is 0 Å². The van der Waals surface area contributed by atoms with Gasteiger partial charge in [0.05, 0.1) is 49.9 Å². The highest BCUT2D eigenvalue weighted by atomic mass is 15.1. The van der Waals surface area contributed by atoms with E-state index in [1.54, 1.807) is 0 Å². The van der Waals surface area contributed by atoms with Crippen molar-refractivity contribution in [2.45, 2.75) is 18.8 Å². The zero-order valence-electron chi connectivity index (χ0n) is 47.5. The molecule has 5 heterocycles. The second kappa shape index (κ2) is 18.1.